The van der Waals surface area contributed by atoms with Crippen molar-refractivity contribution in [1.29, 1.82) is 0 Å². The topological polar surface area (TPSA) is 22.0 Å². The van der Waals surface area contributed by atoms with Gasteiger partial charge in [-0.15, -0.1) is 12.6 Å². The molecular formula is C6H7NOS. The number of aryl methyl sites for hydroxylation is 1. The fraction of sp³-hybridized carbons (Fsp3) is 0.167. The minimum absolute atomic E-state index is 0.0548. The number of rotatable bonds is 0. The molecule has 0 aliphatic carbocycles. The highest BCUT2D eigenvalue weighted by Gasteiger charge is 1.90. The molecule has 0 aliphatic heterocycles. The lowest BCUT2D eigenvalue weighted by Crippen LogP contribution is -2.15. The largest absolute Gasteiger partial charge is 0.318 e. The van der Waals surface area contributed by atoms with E-state index in [4.69, 9.17) is 0 Å². The van der Waals surface area contributed by atoms with Gasteiger partial charge >= 0.3 is 0 Å². The Morgan fingerprint density at radius 2 is 2.33 bits per heavy atom. The molecule has 0 aliphatic rings. The Balaban J connectivity index is 3.43. The number of pyridine rings is 1. The normalized spacial score (nSPS) is 9.56. The summed E-state index contributed by atoms with van der Waals surface area (Å²) >= 11 is 3.93. The van der Waals surface area contributed by atoms with Crippen LogP contribution < -0.4 is 5.56 Å². The van der Waals surface area contributed by atoms with Gasteiger partial charge in [-0.25, -0.2) is 0 Å². The summed E-state index contributed by atoms with van der Waals surface area (Å²) in [7, 11) is 1.70. The van der Waals surface area contributed by atoms with E-state index in [9.17, 15) is 4.79 Å². The molecule has 0 radical (unpaired) electrons. The van der Waals surface area contributed by atoms with Crippen LogP contribution in [0.25, 0.3) is 0 Å². The maximum absolute atomic E-state index is 10.9. The highest BCUT2D eigenvalue weighted by molar-refractivity contribution is 7.80. The van der Waals surface area contributed by atoms with E-state index in [0.29, 0.717) is 4.90 Å². The summed E-state index contributed by atoms with van der Waals surface area (Å²) in [4.78, 5) is 11.3. The van der Waals surface area contributed by atoms with E-state index < -0.39 is 0 Å². The third kappa shape index (κ3) is 1.16. The molecule has 1 heterocycles. The zero-order valence-corrected chi connectivity index (χ0v) is 5.93. The number of hydrogen-bond donors (Lipinski definition) is 1. The fourth-order valence-corrected chi connectivity index (χ4v) is 0.827. The van der Waals surface area contributed by atoms with Crippen LogP contribution in [0.2, 0.25) is 0 Å². The summed E-state index contributed by atoms with van der Waals surface area (Å²) in [6, 6.07) is 3.45. The van der Waals surface area contributed by atoms with Gasteiger partial charge in [0, 0.05) is 13.2 Å². The van der Waals surface area contributed by atoms with Gasteiger partial charge in [-0.2, -0.15) is 0 Å². The van der Waals surface area contributed by atoms with E-state index in [1.807, 2.05) is 0 Å². The number of aromatic nitrogens is 1. The smallest absolute Gasteiger partial charge is 0.263 e. The molecule has 0 N–H and O–H groups in total. The maximum atomic E-state index is 10.9. The first-order valence-corrected chi connectivity index (χ1v) is 3.01. The van der Waals surface area contributed by atoms with Crippen molar-refractivity contribution in [2.24, 2.45) is 7.05 Å². The van der Waals surface area contributed by atoms with Crippen LogP contribution in [0.1, 0.15) is 0 Å². The minimum atomic E-state index is -0.0548. The van der Waals surface area contributed by atoms with Gasteiger partial charge in [0.05, 0.1) is 4.90 Å². The molecule has 0 saturated heterocycles. The summed E-state index contributed by atoms with van der Waals surface area (Å²) in [5, 5.41) is 0. The van der Waals surface area contributed by atoms with Gasteiger partial charge in [0.2, 0.25) is 0 Å². The van der Waals surface area contributed by atoms with Crippen LogP contribution in [-0.2, 0) is 7.05 Å². The van der Waals surface area contributed by atoms with Crippen LogP contribution in [0, 0.1) is 0 Å². The van der Waals surface area contributed by atoms with Crippen LogP contribution in [0.5, 0.6) is 0 Å². The lowest BCUT2D eigenvalue weighted by Gasteiger charge is -1.94. The van der Waals surface area contributed by atoms with Gasteiger partial charge in [-0.3, -0.25) is 4.79 Å². The summed E-state index contributed by atoms with van der Waals surface area (Å²) in [6.45, 7) is 0. The summed E-state index contributed by atoms with van der Waals surface area (Å²) in [5.41, 5.74) is -0.0548. The lowest BCUT2D eigenvalue weighted by atomic mass is 10.5. The Bertz CT molecular complexity index is 243. The summed E-state index contributed by atoms with van der Waals surface area (Å²) in [5.74, 6) is 0. The number of thiol groups is 1. The lowest BCUT2D eigenvalue weighted by molar-refractivity contribution is 0.833. The highest BCUT2D eigenvalue weighted by Crippen LogP contribution is 1.93. The maximum Gasteiger partial charge on any atom is 0.263 e. The van der Waals surface area contributed by atoms with Crippen molar-refractivity contribution in [3.05, 3.63) is 28.7 Å². The molecule has 9 heavy (non-hydrogen) atoms. The van der Waals surface area contributed by atoms with E-state index >= 15 is 0 Å². The van der Waals surface area contributed by atoms with E-state index in [1.165, 1.54) is 4.57 Å². The minimum Gasteiger partial charge on any atom is -0.318 e. The van der Waals surface area contributed by atoms with Crippen LogP contribution in [-0.4, -0.2) is 4.57 Å². The quantitative estimate of drug-likeness (QED) is 0.527. The molecule has 1 rings (SSSR count). The van der Waals surface area contributed by atoms with Gasteiger partial charge in [0.15, 0.2) is 0 Å². The highest BCUT2D eigenvalue weighted by atomic mass is 32.1. The molecule has 0 bridgehead atoms. The van der Waals surface area contributed by atoms with Crippen molar-refractivity contribution >= 4 is 12.6 Å². The monoisotopic (exact) mass is 141 g/mol. The number of nitrogens with zero attached hydrogens (tertiary/aromatic N) is 1. The predicted molar refractivity (Wildman–Crippen MR) is 38.9 cm³/mol. The van der Waals surface area contributed by atoms with Gasteiger partial charge in [0.25, 0.3) is 5.56 Å². The third-order valence-electron chi connectivity index (χ3n) is 1.10. The van der Waals surface area contributed by atoms with Crippen molar-refractivity contribution in [3.63, 3.8) is 0 Å². The first kappa shape index (κ1) is 6.42. The molecule has 0 amide bonds. The Morgan fingerprint density at radius 1 is 1.67 bits per heavy atom. The fourth-order valence-electron chi connectivity index (χ4n) is 0.583. The zero-order valence-electron chi connectivity index (χ0n) is 5.03. The van der Waals surface area contributed by atoms with E-state index in [2.05, 4.69) is 12.6 Å². The summed E-state index contributed by atoms with van der Waals surface area (Å²) < 4.78 is 1.49. The second kappa shape index (κ2) is 2.27. The van der Waals surface area contributed by atoms with E-state index in [0.717, 1.165) is 0 Å². The summed E-state index contributed by atoms with van der Waals surface area (Å²) in [6.07, 6.45) is 1.70. The second-order valence-electron chi connectivity index (χ2n) is 1.81. The molecular weight excluding hydrogens is 134 g/mol. The molecule has 0 atom stereocenters. The second-order valence-corrected chi connectivity index (χ2v) is 2.29. The van der Waals surface area contributed by atoms with Crippen molar-refractivity contribution in [2.75, 3.05) is 0 Å². The Labute approximate surface area is 58.5 Å². The van der Waals surface area contributed by atoms with Crippen molar-refractivity contribution in [1.82, 2.24) is 4.57 Å². The van der Waals surface area contributed by atoms with Crippen molar-refractivity contribution in [3.8, 4) is 0 Å². The Morgan fingerprint density at radius 3 is 2.78 bits per heavy atom. The van der Waals surface area contributed by atoms with Crippen LogP contribution in [0.15, 0.2) is 28.0 Å². The molecule has 0 spiro atoms. The van der Waals surface area contributed by atoms with E-state index in [-0.39, 0.29) is 5.56 Å². The average molecular weight is 141 g/mol. The molecule has 0 fully saturated rings. The molecule has 0 aromatic carbocycles. The molecule has 1 aromatic rings. The molecule has 48 valence electrons. The predicted octanol–water partition coefficient (Wildman–Crippen LogP) is 0.674. The zero-order chi connectivity index (χ0) is 6.85. The van der Waals surface area contributed by atoms with Gasteiger partial charge in [-0.05, 0) is 12.1 Å². The van der Waals surface area contributed by atoms with Gasteiger partial charge in [-0.1, -0.05) is 0 Å². The molecule has 2 nitrogen and oxygen atoms in total. The first-order valence-electron chi connectivity index (χ1n) is 2.56. The molecule has 0 saturated carbocycles. The Kier molecular flexibility index (Phi) is 1.62. The third-order valence-corrected chi connectivity index (χ3v) is 1.44. The average Bonchev–Trinajstić information content (AvgIpc) is 1.83. The van der Waals surface area contributed by atoms with Crippen LogP contribution in [0.4, 0.5) is 0 Å². The van der Waals surface area contributed by atoms with Crippen molar-refractivity contribution < 1.29 is 0 Å². The standard InChI is InChI=1S/C6H7NOS/c1-7-4-2-3-5(9)6(7)8/h2-4,9H,1H3. The van der Waals surface area contributed by atoms with E-state index in [1.54, 1.807) is 25.4 Å². The van der Waals surface area contributed by atoms with Gasteiger partial charge in [0.1, 0.15) is 0 Å². The molecule has 1 aromatic heterocycles. The SMILES string of the molecule is Cn1cccc(S)c1=O. The van der Waals surface area contributed by atoms with Crippen LogP contribution >= 0.6 is 12.6 Å². The molecule has 0 unspecified atom stereocenters. The van der Waals surface area contributed by atoms with Gasteiger partial charge < -0.3 is 4.57 Å². The Hall–Kier alpha value is -0.700. The van der Waals surface area contributed by atoms with Crippen LogP contribution in [0.3, 0.4) is 0 Å². The molecule has 3 heteroatoms. The first-order chi connectivity index (χ1) is 4.22. The van der Waals surface area contributed by atoms with Crippen molar-refractivity contribution in [2.45, 2.75) is 4.90 Å². The number of hydrogen-bond acceptors (Lipinski definition) is 2.